The first-order valence-electron chi connectivity index (χ1n) is 13.3. The average Bonchev–Trinajstić information content (AvgIpc) is 3.24. The molecule has 1 fully saturated rings. The number of halogens is 3. The third-order valence-electron chi connectivity index (χ3n) is 7.75. The van der Waals surface area contributed by atoms with Crippen molar-refractivity contribution < 1.29 is 13.2 Å². The number of pyridine rings is 2. The molecule has 4 aromatic rings. The molecule has 39 heavy (non-hydrogen) atoms. The summed E-state index contributed by atoms with van der Waals surface area (Å²) in [5.74, 6) is 1.92. The van der Waals surface area contributed by atoms with Gasteiger partial charge in [-0.1, -0.05) is 32.4 Å². The lowest BCUT2D eigenvalue weighted by atomic mass is 9.80. The zero-order valence-corrected chi connectivity index (χ0v) is 22.5. The molecule has 1 aliphatic rings. The molecule has 1 aliphatic carbocycles. The number of hydrogen-bond acceptors (Lipinski definition) is 5. The van der Waals surface area contributed by atoms with Gasteiger partial charge in [0.15, 0.2) is 11.6 Å². The number of benzene rings is 1. The Labute approximate surface area is 225 Å². The van der Waals surface area contributed by atoms with Gasteiger partial charge in [0.2, 0.25) is 0 Å². The predicted octanol–water partition coefficient (Wildman–Crippen LogP) is 7.46. The number of nitriles is 1. The average molecular weight is 533 g/mol. The second-order valence-electron chi connectivity index (χ2n) is 10.7. The van der Waals surface area contributed by atoms with Gasteiger partial charge in [-0.2, -0.15) is 18.4 Å². The lowest BCUT2D eigenvalue weighted by molar-refractivity contribution is -0.137. The lowest BCUT2D eigenvalue weighted by Gasteiger charge is -2.32. The molecule has 0 aliphatic heterocycles. The minimum Gasteiger partial charge on any atom is -0.365 e. The van der Waals surface area contributed by atoms with Gasteiger partial charge in [0, 0.05) is 24.3 Å². The maximum atomic E-state index is 13.2. The van der Waals surface area contributed by atoms with Crippen LogP contribution >= 0.6 is 0 Å². The number of hydrogen-bond donors (Lipinski definition) is 1. The summed E-state index contributed by atoms with van der Waals surface area (Å²) in [6.45, 7) is 8.40. The Bertz CT molecular complexity index is 1540. The van der Waals surface area contributed by atoms with Crippen molar-refractivity contribution in [2.45, 2.75) is 71.6 Å². The highest BCUT2D eigenvalue weighted by atomic mass is 19.4. The zero-order valence-electron chi connectivity index (χ0n) is 22.5. The van der Waals surface area contributed by atoms with Crippen molar-refractivity contribution in [3.05, 3.63) is 70.5 Å². The van der Waals surface area contributed by atoms with Crippen LogP contribution in [-0.2, 0) is 12.7 Å². The van der Waals surface area contributed by atoms with Gasteiger partial charge in [-0.05, 0) is 73.9 Å². The van der Waals surface area contributed by atoms with E-state index in [2.05, 4.69) is 37.1 Å². The molecule has 202 valence electrons. The van der Waals surface area contributed by atoms with E-state index in [4.69, 9.17) is 9.97 Å². The van der Waals surface area contributed by atoms with Crippen LogP contribution in [0.2, 0.25) is 0 Å². The molecule has 0 amide bonds. The van der Waals surface area contributed by atoms with E-state index in [0.29, 0.717) is 51.1 Å². The number of aromatic nitrogens is 4. The molecular weight excluding hydrogens is 501 g/mol. The summed E-state index contributed by atoms with van der Waals surface area (Å²) in [6, 6.07) is 11.5. The van der Waals surface area contributed by atoms with Gasteiger partial charge in [-0.15, -0.1) is 0 Å². The number of aryl methyl sites for hydroxylation is 1. The molecule has 0 unspecified atom stereocenters. The third-order valence-corrected chi connectivity index (χ3v) is 7.75. The summed E-state index contributed by atoms with van der Waals surface area (Å²) in [4.78, 5) is 14.3. The van der Waals surface area contributed by atoms with Crippen LogP contribution in [0.1, 0.15) is 73.9 Å². The fraction of sp³-hybridized carbons (Fsp3) is 0.400. The van der Waals surface area contributed by atoms with Gasteiger partial charge in [0.1, 0.15) is 23.0 Å². The molecule has 0 saturated heterocycles. The molecule has 3 heterocycles. The number of rotatable bonds is 7. The second-order valence-corrected chi connectivity index (χ2v) is 10.7. The first-order chi connectivity index (χ1) is 18.6. The highest BCUT2D eigenvalue weighted by Gasteiger charge is 2.30. The van der Waals surface area contributed by atoms with E-state index in [-0.39, 0.29) is 18.5 Å². The van der Waals surface area contributed by atoms with Gasteiger partial charge in [-0.25, -0.2) is 9.97 Å². The molecule has 0 spiro atoms. The van der Waals surface area contributed by atoms with Crippen LogP contribution in [0, 0.1) is 24.2 Å². The van der Waals surface area contributed by atoms with Gasteiger partial charge in [-0.3, -0.25) is 4.98 Å². The molecule has 1 N–H and O–H groups in total. The minimum absolute atomic E-state index is 0.143. The summed E-state index contributed by atoms with van der Waals surface area (Å²) < 4.78 is 41.6. The van der Waals surface area contributed by atoms with E-state index in [0.717, 1.165) is 30.5 Å². The topological polar surface area (TPSA) is 79.4 Å². The molecular formula is C30H31F3N6. The number of imidazole rings is 1. The summed E-state index contributed by atoms with van der Waals surface area (Å²) in [5, 5.41) is 13.4. The van der Waals surface area contributed by atoms with E-state index in [9.17, 15) is 18.4 Å². The van der Waals surface area contributed by atoms with Gasteiger partial charge >= 0.3 is 6.18 Å². The van der Waals surface area contributed by atoms with Crippen LogP contribution in [-0.4, -0.2) is 25.6 Å². The molecule has 3 aromatic heterocycles. The standard InChI is InChI=1S/C30H31F3N6/c1-17(2)22-12-13-35-24(14-22)29-38-26-18(3)25(15-34)37-28(36-19(4)21-6-5-7-21)27(26)39(29)16-20-8-10-23(11-9-20)30(31,32)33/h8-14,17,19,21H,5-7,16H2,1-4H3,(H,36,37)/t19-/m1/s1. The molecule has 1 saturated carbocycles. The molecule has 1 aromatic carbocycles. The number of nitrogens with zero attached hydrogens (tertiary/aromatic N) is 5. The Morgan fingerprint density at radius 1 is 1.10 bits per heavy atom. The third kappa shape index (κ3) is 5.20. The first-order valence-corrected chi connectivity index (χ1v) is 13.3. The Morgan fingerprint density at radius 2 is 1.82 bits per heavy atom. The van der Waals surface area contributed by atoms with E-state index in [1.165, 1.54) is 18.6 Å². The molecule has 1 atom stereocenters. The fourth-order valence-electron chi connectivity index (χ4n) is 5.06. The van der Waals surface area contributed by atoms with Crippen molar-refractivity contribution in [2.24, 2.45) is 5.92 Å². The van der Waals surface area contributed by atoms with Gasteiger partial charge in [0.05, 0.1) is 11.1 Å². The molecule has 5 rings (SSSR count). The molecule has 0 radical (unpaired) electrons. The summed E-state index contributed by atoms with van der Waals surface area (Å²) >= 11 is 0. The van der Waals surface area contributed by atoms with E-state index in [1.54, 1.807) is 6.20 Å². The van der Waals surface area contributed by atoms with Crippen molar-refractivity contribution in [3.8, 4) is 17.6 Å². The number of alkyl halides is 3. The van der Waals surface area contributed by atoms with E-state index in [1.807, 2.05) is 23.6 Å². The van der Waals surface area contributed by atoms with Crippen molar-refractivity contribution >= 4 is 16.9 Å². The van der Waals surface area contributed by atoms with Crippen LogP contribution in [0.25, 0.3) is 22.6 Å². The summed E-state index contributed by atoms with van der Waals surface area (Å²) in [5.41, 5.74) is 4.03. The lowest BCUT2D eigenvalue weighted by Crippen LogP contribution is -2.31. The van der Waals surface area contributed by atoms with Crippen LogP contribution in [0.3, 0.4) is 0 Å². The van der Waals surface area contributed by atoms with Crippen molar-refractivity contribution in [1.29, 1.82) is 5.26 Å². The quantitative estimate of drug-likeness (QED) is 0.267. The van der Waals surface area contributed by atoms with Crippen LogP contribution in [0.5, 0.6) is 0 Å². The highest BCUT2D eigenvalue weighted by Crippen LogP contribution is 2.36. The largest absolute Gasteiger partial charge is 0.416 e. The molecule has 9 heteroatoms. The highest BCUT2D eigenvalue weighted by molar-refractivity contribution is 5.92. The summed E-state index contributed by atoms with van der Waals surface area (Å²) in [6.07, 6.45) is 0.809. The summed E-state index contributed by atoms with van der Waals surface area (Å²) in [7, 11) is 0. The van der Waals surface area contributed by atoms with Crippen LogP contribution in [0.4, 0.5) is 19.0 Å². The second kappa shape index (κ2) is 10.3. The van der Waals surface area contributed by atoms with Gasteiger partial charge in [0.25, 0.3) is 0 Å². The van der Waals surface area contributed by atoms with Crippen LogP contribution < -0.4 is 5.32 Å². The Hall–Kier alpha value is -3.93. The first kappa shape index (κ1) is 26.7. The smallest absolute Gasteiger partial charge is 0.365 e. The van der Waals surface area contributed by atoms with Crippen LogP contribution in [0.15, 0.2) is 42.6 Å². The maximum absolute atomic E-state index is 13.2. The Balaban J connectivity index is 1.71. The van der Waals surface area contributed by atoms with Gasteiger partial charge < -0.3 is 9.88 Å². The molecule has 0 bridgehead atoms. The monoisotopic (exact) mass is 532 g/mol. The molecule has 6 nitrogen and oxygen atoms in total. The maximum Gasteiger partial charge on any atom is 0.416 e. The normalized spacial score (nSPS) is 14.8. The predicted molar refractivity (Wildman–Crippen MR) is 145 cm³/mol. The fourth-order valence-corrected chi connectivity index (χ4v) is 5.06. The van der Waals surface area contributed by atoms with E-state index < -0.39 is 11.7 Å². The minimum atomic E-state index is -4.41. The van der Waals surface area contributed by atoms with Crippen molar-refractivity contribution in [1.82, 2.24) is 19.5 Å². The zero-order chi connectivity index (χ0) is 27.9. The van der Waals surface area contributed by atoms with Crippen molar-refractivity contribution in [3.63, 3.8) is 0 Å². The number of anilines is 1. The number of nitrogens with one attached hydrogen (secondary N) is 1. The number of fused-ring (bicyclic) bond motifs is 1. The Kier molecular flexibility index (Phi) is 7.06. The van der Waals surface area contributed by atoms with E-state index >= 15 is 0 Å². The SMILES string of the molecule is Cc1c(C#N)nc(N[C@H](C)C2CCC2)c2c1nc(-c1cc(C(C)C)ccn1)n2Cc1ccc(C(F)(F)F)cc1. The Morgan fingerprint density at radius 3 is 2.41 bits per heavy atom. The van der Waals surface area contributed by atoms with Crippen molar-refractivity contribution in [2.75, 3.05) is 5.32 Å².